The lowest BCUT2D eigenvalue weighted by atomic mass is 10.1. The number of hydrogen-bond donors (Lipinski definition) is 1. The zero-order valence-electron chi connectivity index (χ0n) is 10.0. The van der Waals surface area contributed by atoms with E-state index in [2.05, 4.69) is 10.2 Å². The van der Waals surface area contributed by atoms with Crippen molar-refractivity contribution in [1.82, 2.24) is 4.90 Å². The number of non-ortho nitro benzene ring substituents is 1. The van der Waals surface area contributed by atoms with Crippen LogP contribution in [-0.4, -0.2) is 45.7 Å². The van der Waals surface area contributed by atoms with Crippen LogP contribution in [0.15, 0.2) is 34.5 Å². The van der Waals surface area contributed by atoms with E-state index in [0.717, 1.165) is 0 Å². The lowest BCUT2D eigenvalue weighted by Gasteiger charge is -2.26. The molecule has 0 bridgehead atoms. The minimum Gasteiger partial charge on any atom is -0.391 e. The van der Waals surface area contributed by atoms with Crippen molar-refractivity contribution in [3.63, 3.8) is 0 Å². The van der Waals surface area contributed by atoms with Gasteiger partial charge in [-0.25, -0.2) is 0 Å². The summed E-state index contributed by atoms with van der Waals surface area (Å²) in [5, 5.41) is 28.5. The van der Waals surface area contributed by atoms with Crippen LogP contribution in [0.1, 0.15) is 12.0 Å². The van der Waals surface area contributed by atoms with E-state index < -0.39 is 11.0 Å². The fourth-order valence-electron chi connectivity index (χ4n) is 2.43. The van der Waals surface area contributed by atoms with E-state index in [1.54, 1.807) is 18.3 Å². The van der Waals surface area contributed by atoms with Gasteiger partial charge in [0.1, 0.15) is 0 Å². The lowest BCUT2D eigenvalue weighted by Crippen LogP contribution is -2.39. The summed E-state index contributed by atoms with van der Waals surface area (Å²) in [5.74, 6) is 0.577. The lowest BCUT2D eigenvalue weighted by molar-refractivity contribution is -0.384. The Balaban J connectivity index is 1.97. The first-order valence-corrected chi connectivity index (χ1v) is 5.96. The molecule has 0 spiro atoms. The van der Waals surface area contributed by atoms with Crippen molar-refractivity contribution < 1.29 is 10.0 Å². The number of aliphatic hydroxyl groups excluding tert-OH is 1. The number of nitro benzene ring substituents is 1. The second kappa shape index (κ2) is 4.43. The Kier molecular flexibility index (Phi) is 2.75. The van der Waals surface area contributed by atoms with Gasteiger partial charge in [0, 0.05) is 36.9 Å². The standard InChI is InChI=1S/C12H12N4O3/c17-11-5-10-6-13-14-12(15(10)7-11)8-2-1-3-9(4-8)16(18)19/h1-4,6,10-11,17H,5,7H2/t10-,11+/m0/s1. The molecular formula is C12H12N4O3. The van der Waals surface area contributed by atoms with E-state index in [1.165, 1.54) is 12.1 Å². The molecule has 19 heavy (non-hydrogen) atoms. The maximum atomic E-state index is 10.8. The van der Waals surface area contributed by atoms with E-state index in [4.69, 9.17) is 0 Å². The van der Waals surface area contributed by atoms with E-state index in [9.17, 15) is 15.2 Å². The zero-order chi connectivity index (χ0) is 13.4. The highest BCUT2D eigenvalue weighted by molar-refractivity contribution is 6.02. The molecule has 0 aliphatic carbocycles. The largest absolute Gasteiger partial charge is 0.391 e. The van der Waals surface area contributed by atoms with Gasteiger partial charge in [-0.1, -0.05) is 12.1 Å². The van der Waals surface area contributed by atoms with Gasteiger partial charge in [-0.2, -0.15) is 5.10 Å². The molecule has 1 N–H and O–H groups in total. The van der Waals surface area contributed by atoms with Crippen molar-refractivity contribution in [3.8, 4) is 0 Å². The van der Waals surface area contributed by atoms with Crippen molar-refractivity contribution in [2.75, 3.05) is 6.54 Å². The third-order valence-corrected chi connectivity index (χ3v) is 3.30. The summed E-state index contributed by atoms with van der Waals surface area (Å²) in [6, 6.07) is 6.31. The summed E-state index contributed by atoms with van der Waals surface area (Å²) in [6.45, 7) is 0.470. The Hall–Kier alpha value is -2.28. The van der Waals surface area contributed by atoms with Crippen LogP contribution < -0.4 is 0 Å². The summed E-state index contributed by atoms with van der Waals surface area (Å²) in [5.41, 5.74) is 0.663. The fraction of sp³-hybridized carbons (Fsp3) is 0.333. The molecule has 0 amide bonds. The highest BCUT2D eigenvalue weighted by Crippen LogP contribution is 2.24. The molecule has 1 aromatic carbocycles. The number of hydrogen-bond acceptors (Lipinski definition) is 6. The molecule has 7 nitrogen and oxygen atoms in total. The minimum atomic E-state index is -0.438. The molecule has 0 aromatic heterocycles. The van der Waals surface area contributed by atoms with E-state index in [1.807, 2.05) is 4.90 Å². The Morgan fingerprint density at radius 2 is 2.32 bits per heavy atom. The molecule has 1 saturated heterocycles. The van der Waals surface area contributed by atoms with Crippen molar-refractivity contribution in [2.24, 2.45) is 10.2 Å². The van der Waals surface area contributed by atoms with Gasteiger partial charge >= 0.3 is 0 Å². The maximum Gasteiger partial charge on any atom is 0.270 e. The van der Waals surface area contributed by atoms with Gasteiger partial charge in [0.15, 0.2) is 5.84 Å². The second-order valence-corrected chi connectivity index (χ2v) is 4.60. The molecule has 98 valence electrons. The molecule has 2 aliphatic heterocycles. The molecule has 7 heteroatoms. The van der Waals surface area contributed by atoms with Gasteiger partial charge in [-0.05, 0) is 0 Å². The van der Waals surface area contributed by atoms with Crippen LogP contribution in [0.25, 0.3) is 0 Å². The van der Waals surface area contributed by atoms with Gasteiger partial charge in [0.2, 0.25) is 0 Å². The van der Waals surface area contributed by atoms with Crippen LogP contribution in [0.4, 0.5) is 5.69 Å². The summed E-state index contributed by atoms with van der Waals surface area (Å²) < 4.78 is 0. The summed E-state index contributed by atoms with van der Waals surface area (Å²) in [7, 11) is 0. The molecular weight excluding hydrogens is 248 g/mol. The summed E-state index contributed by atoms with van der Waals surface area (Å²) in [6.07, 6.45) is 1.88. The number of fused-ring (bicyclic) bond motifs is 1. The fourth-order valence-corrected chi connectivity index (χ4v) is 2.43. The first kappa shape index (κ1) is 11.8. The number of benzene rings is 1. The molecule has 2 aliphatic rings. The maximum absolute atomic E-state index is 10.8. The van der Waals surface area contributed by atoms with Crippen LogP contribution in [0.5, 0.6) is 0 Å². The number of nitrogens with zero attached hydrogens (tertiary/aromatic N) is 4. The minimum absolute atomic E-state index is 0.0155. The SMILES string of the molecule is O=[N+]([O-])c1cccc(C2=NN=C[C@@H]3C[C@@H](O)CN23)c1. The van der Waals surface area contributed by atoms with Crippen molar-refractivity contribution in [2.45, 2.75) is 18.6 Å². The Labute approximate surface area is 109 Å². The Bertz CT molecular complexity index is 584. The smallest absolute Gasteiger partial charge is 0.270 e. The van der Waals surface area contributed by atoms with Gasteiger partial charge in [0.25, 0.3) is 5.69 Å². The average molecular weight is 260 g/mol. The predicted octanol–water partition coefficient (Wildman–Crippen LogP) is 0.776. The average Bonchev–Trinajstić information content (AvgIpc) is 2.78. The Morgan fingerprint density at radius 3 is 3.11 bits per heavy atom. The predicted molar refractivity (Wildman–Crippen MR) is 69.2 cm³/mol. The van der Waals surface area contributed by atoms with Crippen molar-refractivity contribution >= 4 is 17.7 Å². The molecule has 2 atom stereocenters. The molecule has 0 unspecified atom stereocenters. The molecule has 3 rings (SSSR count). The van der Waals surface area contributed by atoms with Crippen molar-refractivity contribution in [1.29, 1.82) is 0 Å². The van der Waals surface area contributed by atoms with Crippen molar-refractivity contribution in [3.05, 3.63) is 39.9 Å². The van der Waals surface area contributed by atoms with Crippen LogP contribution in [0.3, 0.4) is 0 Å². The number of rotatable bonds is 2. The topological polar surface area (TPSA) is 91.3 Å². The normalized spacial score (nSPS) is 25.1. The first-order chi connectivity index (χ1) is 9.15. The van der Waals surface area contributed by atoms with Crippen LogP contribution in [0, 0.1) is 10.1 Å². The molecule has 0 saturated carbocycles. The van der Waals surface area contributed by atoms with Gasteiger partial charge < -0.3 is 10.0 Å². The van der Waals surface area contributed by atoms with Gasteiger partial charge in [-0.15, -0.1) is 5.10 Å². The quantitative estimate of drug-likeness (QED) is 0.628. The summed E-state index contributed by atoms with van der Waals surface area (Å²) in [4.78, 5) is 12.3. The summed E-state index contributed by atoms with van der Waals surface area (Å²) >= 11 is 0. The molecule has 2 heterocycles. The van der Waals surface area contributed by atoms with E-state index in [0.29, 0.717) is 24.4 Å². The second-order valence-electron chi connectivity index (χ2n) is 4.60. The van der Waals surface area contributed by atoms with Crippen LogP contribution in [-0.2, 0) is 0 Å². The monoisotopic (exact) mass is 260 g/mol. The zero-order valence-corrected chi connectivity index (χ0v) is 10.0. The van der Waals surface area contributed by atoms with Gasteiger partial charge in [0.05, 0.1) is 17.1 Å². The molecule has 1 fully saturated rings. The highest BCUT2D eigenvalue weighted by atomic mass is 16.6. The third kappa shape index (κ3) is 2.08. The number of amidine groups is 1. The third-order valence-electron chi connectivity index (χ3n) is 3.30. The van der Waals surface area contributed by atoms with Crippen LogP contribution >= 0.6 is 0 Å². The first-order valence-electron chi connectivity index (χ1n) is 5.96. The molecule has 1 aromatic rings. The van der Waals surface area contributed by atoms with E-state index in [-0.39, 0.29) is 11.7 Å². The Morgan fingerprint density at radius 1 is 1.47 bits per heavy atom. The van der Waals surface area contributed by atoms with Crippen LogP contribution in [0.2, 0.25) is 0 Å². The number of nitro groups is 1. The molecule has 0 radical (unpaired) electrons. The van der Waals surface area contributed by atoms with E-state index >= 15 is 0 Å². The highest BCUT2D eigenvalue weighted by Gasteiger charge is 2.34. The van der Waals surface area contributed by atoms with Gasteiger partial charge in [-0.3, -0.25) is 10.1 Å². The number of aliphatic hydroxyl groups is 1.